The van der Waals surface area contributed by atoms with Crippen molar-refractivity contribution in [3.05, 3.63) is 36.3 Å². The van der Waals surface area contributed by atoms with Crippen LogP contribution >= 0.6 is 0 Å². The molecular weight excluding hydrogens is 238 g/mol. The van der Waals surface area contributed by atoms with E-state index < -0.39 is 0 Å². The minimum absolute atomic E-state index is 0.760. The van der Waals surface area contributed by atoms with E-state index in [1.54, 1.807) is 7.11 Å². The molecule has 1 heterocycles. The highest BCUT2D eigenvalue weighted by Gasteiger charge is 2.19. The van der Waals surface area contributed by atoms with E-state index >= 15 is 0 Å². The van der Waals surface area contributed by atoms with E-state index in [4.69, 9.17) is 4.74 Å². The van der Waals surface area contributed by atoms with Gasteiger partial charge in [-0.25, -0.2) is 4.98 Å². The maximum atomic E-state index is 5.16. The van der Waals surface area contributed by atoms with E-state index in [0.717, 1.165) is 41.8 Å². The molecule has 0 saturated heterocycles. The fourth-order valence-corrected chi connectivity index (χ4v) is 2.09. The third-order valence-electron chi connectivity index (χ3n) is 3.40. The fraction of sp³-hybridized carbons (Fsp3) is 0.400. The Morgan fingerprint density at radius 3 is 2.79 bits per heavy atom. The van der Waals surface area contributed by atoms with Crippen LogP contribution in [0.15, 0.2) is 30.5 Å². The zero-order valence-corrected chi connectivity index (χ0v) is 11.1. The average molecular weight is 257 g/mol. The topological polar surface area (TPSA) is 49.9 Å². The lowest BCUT2D eigenvalue weighted by Gasteiger charge is -2.01. The van der Waals surface area contributed by atoms with Gasteiger partial charge in [-0.2, -0.15) is 0 Å². The van der Waals surface area contributed by atoms with Crippen LogP contribution in [0.25, 0.3) is 11.3 Å². The summed E-state index contributed by atoms with van der Waals surface area (Å²) in [6.45, 7) is 1.00. The zero-order chi connectivity index (χ0) is 13.1. The Labute approximate surface area is 113 Å². The van der Waals surface area contributed by atoms with Crippen LogP contribution in [-0.4, -0.2) is 29.7 Å². The molecule has 1 aliphatic rings. The summed E-state index contributed by atoms with van der Waals surface area (Å²) in [7, 11) is 1.68. The van der Waals surface area contributed by atoms with Gasteiger partial charge >= 0.3 is 0 Å². The van der Waals surface area contributed by atoms with Crippen LogP contribution in [-0.2, 0) is 6.42 Å². The molecule has 1 fully saturated rings. The summed E-state index contributed by atoms with van der Waals surface area (Å²) in [6, 6.07) is 8.77. The van der Waals surface area contributed by atoms with Crippen LogP contribution in [0, 0.1) is 0 Å². The van der Waals surface area contributed by atoms with Gasteiger partial charge < -0.3 is 15.0 Å². The Balaban J connectivity index is 1.61. The highest BCUT2D eigenvalue weighted by molar-refractivity contribution is 5.59. The van der Waals surface area contributed by atoms with Gasteiger partial charge in [0.25, 0.3) is 0 Å². The summed E-state index contributed by atoms with van der Waals surface area (Å²) in [6.07, 6.45) is 5.51. The van der Waals surface area contributed by atoms with E-state index in [1.807, 2.05) is 30.5 Å². The molecule has 1 aromatic carbocycles. The molecule has 0 atom stereocenters. The van der Waals surface area contributed by atoms with Crippen molar-refractivity contribution < 1.29 is 4.74 Å². The van der Waals surface area contributed by atoms with Gasteiger partial charge in [0.05, 0.1) is 19.0 Å². The molecule has 4 heteroatoms. The predicted molar refractivity (Wildman–Crippen MR) is 75.3 cm³/mol. The van der Waals surface area contributed by atoms with Crippen LogP contribution in [0.2, 0.25) is 0 Å². The third-order valence-corrected chi connectivity index (χ3v) is 3.40. The second-order valence-corrected chi connectivity index (χ2v) is 4.95. The number of imidazole rings is 1. The summed E-state index contributed by atoms with van der Waals surface area (Å²) < 4.78 is 5.16. The van der Waals surface area contributed by atoms with Crippen LogP contribution in [0.5, 0.6) is 5.75 Å². The average Bonchev–Trinajstić information content (AvgIpc) is 3.15. The van der Waals surface area contributed by atoms with Gasteiger partial charge in [0.2, 0.25) is 0 Å². The van der Waals surface area contributed by atoms with Crippen molar-refractivity contribution in [1.29, 1.82) is 0 Å². The van der Waals surface area contributed by atoms with Gasteiger partial charge in [-0.3, -0.25) is 0 Å². The minimum atomic E-state index is 0.760. The lowest BCUT2D eigenvalue weighted by atomic mass is 10.2. The molecule has 1 aliphatic carbocycles. The largest absolute Gasteiger partial charge is 0.497 e. The molecule has 100 valence electrons. The molecule has 0 bridgehead atoms. The molecule has 0 amide bonds. The van der Waals surface area contributed by atoms with Crippen molar-refractivity contribution >= 4 is 0 Å². The smallest absolute Gasteiger partial charge is 0.118 e. The monoisotopic (exact) mass is 257 g/mol. The molecule has 0 aliphatic heterocycles. The molecule has 1 aromatic heterocycles. The van der Waals surface area contributed by atoms with E-state index in [0.29, 0.717) is 0 Å². The number of aromatic nitrogens is 2. The van der Waals surface area contributed by atoms with Gasteiger partial charge in [0.15, 0.2) is 0 Å². The number of hydrogen-bond acceptors (Lipinski definition) is 3. The van der Waals surface area contributed by atoms with Crippen molar-refractivity contribution in [3.63, 3.8) is 0 Å². The number of benzene rings is 1. The maximum absolute atomic E-state index is 5.16. The SMILES string of the molecule is COc1ccc(-c2cnc(CCNC3CC3)[nH]2)cc1. The van der Waals surface area contributed by atoms with Gasteiger partial charge in [-0.15, -0.1) is 0 Å². The second kappa shape index (κ2) is 5.45. The lowest BCUT2D eigenvalue weighted by molar-refractivity contribution is 0.415. The summed E-state index contributed by atoms with van der Waals surface area (Å²) in [5.41, 5.74) is 2.19. The van der Waals surface area contributed by atoms with Crippen LogP contribution in [0.1, 0.15) is 18.7 Å². The Morgan fingerprint density at radius 1 is 1.32 bits per heavy atom. The molecule has 4 nitrogen and oxygen atoms in total. The first-order valence-corrected chi connectivity index (χ1v) is 6.77. The lowest BCUT2D eigenvalue weighted by Crippen LogP contribution is -2.19. The molecule has 3 rings (SSSR count). The van der Waals surface area contributed by atoms with Gasteiger partial charge in [-0.1, -0.05) is 0 Å². The Hall–Kier alpha value is -1.81. The highest BCUT2D eigenvalue weighted by atomic mass is 16.5. The summed E-state index contributed by atoms with van der Waals surface area (Å²) >= 11 is 0. The van der Waals surface area contributed by atoms with E-state index in [2.05, 4.69) is 15.3 Å². The second-order valence-electron chi connectivity index (χ2n) is 4.95. The molecule has 1 saturated carbocycles. The van der Waals surface area contributed by atoms with Crippen molar-refractivity contribution in [2.24, 2.45) is 0 Å². The zero-order valence-electron chi connectivity index (χ0n) is 11.1. The molecule has 0 radical (unpaired) electrons. The standard InChI is InChI=1S/C15H19N3O/c1-19-13-6-2-11(3-7-13)14-10-17-15(18-14)8-9-16-12-4-5-12/h2-3,6-7,10,12,16H,4-5,8-9H2,1H3,(H,17,18). The van der Waals surface area contributed by atoms with Crippen LogP contribution in [0.4, 0.5) is 0 Å². The predicted octanol–water partition coefficient (Wildman–Crippen LogP) is 2.38. The normalized spacial score (nSPS) is 14.6. The number of rotatable bonds is 6. The molecule has 19 heavy (non-hydrogen) atoms. The highest BCUT2D eigenvalue weighted by Crippen LogP contribution is 2.21. The van der Waals surface area contributed by atoms with Crippen LogP contribution < -0.4 is 10.1 Å². The van der Waals surface area contributed by atoms with Gasteiger partial charge in [0, 0.05) is 19.0 Å². The first-order valence-electron chi connectivity index (χ1n) is 6.77. The van der Waals surface area contributed by atoms with E-state index in [1.165, 1.54) is 12.8 Å². The summed E-state index contributed by atoms with van der Waals surface area (Å²) in [4.78, 5) is 7.79. The Morgan fingerprint density at radius 2 is 2.11 bits per heavy atom. The minimum Gasteiger partial charge on any atom is -0.497 e. The molecule has 2 aromatic rings. The van der Waals surface area contributed by atoms with E-state index in [9.17, 15) is 0 Å². The Kier molecular flexibility index (Phi) is 3.51. The van der Waals surface area contributed by atoms with Crippen molar-refractivity contribution in [2.45, 2.75) is 25.3 Å². The quantitative estimate of drug-likeness (QED) is 0.835. The third kappa shape index (κ3) is 3.15. The molecule has 0 unspecified atom stereocenters. The number of nitrogens with one attached hydrogen (secondary N) is 2. The van der Waals surface area contributed by atoms with Crippen molar-refractivity contribution in [3.8, 4) is 17.0 Å². The number of methoxy groups -OCH3 is 1. The van der Waals surface area contributed by atoms with Gasteiger partial charge in [0.1, 0.15) is 11.6 Å². The van der Waals surface area contributed by atoms with Gasteiger partial charge in [-0.05, 0) is 42.7 Å². The summed E-state index contributed by atoms with van der Waals surface area (Å²) in [5, 5.41) is 3.49. The number of H-pyrrole nitrogens is 1. The molecule has 0 spiro atoms. The number of nitrogens with zero attached hydrogens (tertiary/aromatic N) is 1. The molecule has 2 N–H and O–H groups in total. The van der Waals surface area contributed by atoms with E-state index in [-0.39, 0.29) is 0 Å². The van der Waals surface area contributed by atoms with Crippen molar-refractivity contribution in [2.75, 3.05) is 13.7 Å². The first-order chi connectivity index (χ1) is 9.35. The first kappa shape index (κ1) is 12.2. The maximum Gasteiger partial charge on any atom is 0.118 e. The Bertz CT molecular complexity index is 529. The molecular formula is C15H19N3O. The fourth-order valence-electron chi connectivity index (χ4n) is 2.09. The number of ether oxygens (including phenoxy) is 1. The number of aromatic amines is 1. The summed E-state index contributed by atoms with van der Waals surface area (Å²) in [5.74, 6) is 1.91. The van der Waals surface area contributed by atoms with Crippen LogP contribution in [0.3, 0.4) is 0 Å². The van der Waals surface area contributed by atoms with Crippen molar-refractivity contribution in [1.82, 2.24) is 15.3 Å². The number of hydrogen-bond donors (Lipinski definition) is 2.